The number of nitrogens with one attached hydrogen (secondary N) is 1. The van der Waals surface area contributed by atoms with Crippen molar-refractivity contribution in [1.82, 2.24) is 10.5 Å². The number of rotatable bonds is 5. The van der Waals surface area contributed by atoms with E-state index in [0.29, 0.717) is 18.8 Å². The van der Waals surface area contributed by atoms with E-state index in [0.717, 1.165) is 43.2 Å². The van der Waals surface area contributed by atoms with Crippen LogP contribution >= 0.6 is 0 Å². The van der Waals surface area contributed by atoms with Gasteiger partial charge in [-0.05, 0) is 26.7 Å². The van der Waals surface area contributed by atoms with Crippen LogP contribution in [0.1, 0.15) is 29.9 Å². The number of hydrogen-bond acceptors (Lipinski definition) is 4. The Morgan fingerprint density at radius 3 is 2.94 bits per heavy atom. The van der Waals surface area contributed by atoms with Crippen molar-refractivity contribution in [3.05, 3.63) is 17.0 Å². The van der Waals surface area contributed by atoms with E-state index in [-0.39, 0.29) is 5.91 Å². The molecule has 1 atom stereocenters. The maximum atomic E-state index is 11.7. The van der Waals surface area contributed by atoms with Gasteiger partial charge in [-0.2, -0.15) is 0 Å². The second-order valence-corrected chi connectivity index (χ2v) is 4.84. The fourth-order valence-electron chi connectivity index (χ4n) is 2.19. The molecule has 1 aromatic rings. The molecular weight excluding hydrogens is 232 g/mol. The van der Waals surface area contributed by atoms with Crippen LogP contribution in [0.3, 0.4) is 0 Å². The lowest BCUT2D eigenvalue weighted by atomic mass is 10.1. The van der Waals surface area contributed by atoms with E-state index in [1.165, 1.54) is 0 Å². The normalized spacial score (nSPS) is 19.1. The van der Waals surface area contributed by atoms with Gasteiger partial charge in [-0.3, -0.25) is 4.79 Å². The van der Waals surface area contributed by atoms with Crippen LogP contribution in [-0.4, -0.2) is 30.8 Å². The van der Waals surface area contributed by atoms with Gasteiger partial charge in [0.25, 0.3) is 0 Å². The second-order valence-electron chi connectivity index (χ2n) is 4.84. The number of carbonyl (C=O) groups excluding carboxylic acids is 1. The zero-order valence-corrected chi connectivity index (χ0v) is 11.0. The molecule has 1 N–H and O–H groups in total. The SMILES string of the molecule is Cc1noc(C)c1CCC(=O)NCC1CCOC1. The summed E-state index contributed by atoms with van der Waals surface area (Å²) in [6.07, 6.45) is 2.22. The van der Waals surface area contributed by atoms with E-state index in [2.05, 4.69) is 10.5 Å². The predicted molar refractivity (Wildman–Crippen MR) is 66.2 cm³/mol. The summed E-state index contributed by atoms with van der Waals surface area (Å²) in [5.74, 6) is 1.37. The number of amides is 1. The highest BCUT2D eigenvalue weighted by molar-refractivity contribution is 5.76. The molecule has 0 spiro atoms. The maximum Gasteiger partial charge on any atom is 0.220 e. The van der Waals surface area contributed by atoms with E-state index >= 15 is 0 Å². The van der Waals surface area contributed by atoms with E-state index in [9.17, 15) is 4.79 Å². The number of hydrogen-bond donors (Lipinski definition) is 1. The number of carbonyl (C=O) groups is 1. The van der Waals surface area contributed by atoms with Crippen molar-refractivity contribution in [1.29, 1.82) is 0 Å². The van der Waals surface area contributed by atoms with Gasteiger partial charge in [-0.1, -0.05) is 5.16 Å². The first-order chi connectivity index (χ1) is 8.66. The van der Waals surface area contributed by atoms with Crippen LogP contribution in [0.15, 0.2) is 4.52 Å². The first kappa shape index (κ1) is 13.1. The van der Waals surface area contributed by atoms with Crippen molar-refractivity contribution >= 4 is 5.91 Å². The van der Waals surface area contributed by atoms with Crippen molar-refractivity contribution in [2.75, 3.05) is 19.8 Å². The lowest BCUT2D eigenvalue weighted by Gasteiger charge is -2.09. The van der Waals surface area contributed by atoms with Crippen molar-refractivity contribution in [3.8, 4) is 0 Å². The molecule has 0 bridgehead atoms. The molecule has 0 aromatic carbocycles. The first-order valence-electron chi connectivity index (χ1n) is 6.43. The summed E-state index contributed by atoms with van der Waals surface area (Å²) in [4.78, 5) is 11.7. The van der Waals surface area contributed by atoms with Gasteiger partial charge in [0.05, 0.1) is 12.3 Å². The summed E-state index contributed by atoms with van der Waals surface area (Å²) in [5.41, 5.74) is 1.93. The molecule has 1 aromatic heterocycles. The number of nitrogens with zero attached hydrogens (tertiary/aromatic N) is 1. The fourth-order valence-corrected chi connectivity index (χ4v) is 2.19. The van der Waals surface area contributed by atoms with Crippen LogP contribution in [0.4, 0.5) is 0 Å². The molecule has 1 aliphatic rings. The van der Waals surface area contributed by atoms with Gasteiger partial charge in [-0.15, -0.1) is 0 Å². The number of aromatic nitrogens is 1. The van der Waals surface area contributed by atoms with Crippen LogP contribution < -0.4 is 5.32 Å². The Labute approximate surface area is 107 Å². The molecule has 0 saturated carbocycles. The van der Waals surface area contributed by atoms with Gasteiger partial charge >= 0.3 is 0 Å². The number of aryl methyl sites for hydroxylation is 2. The monoisotopic (exact) mass is 252 g/mol. The number of ether oxygens (including phenoxy) is 1. The lowest BCUT2D eigenvalue weighted by Crippen LogP contribution is -2.29. The van der Waals surface area contributed by atoms with Gasteiger partial charge < -0.3 is 14.6 Å². The summed E-state index contributed by atoms with van der Waals surface area (Å²) in [7, 11) is 0. The molecule has 5 heteroatoms. The van der Waals surface area contributed by atoms with Gasteiger partial charge in [-0.25, -0.2) is 0 Å². The highest BCUT2D eigenvalue weighted by atomic mass is 16.5. The molecule has 18 heavy (non-hydrogen) atoms. The Morgan fingerprint density at radius 2 is 2.33 bits per heavy atom. The minimum absolute atomic E-state index is 0.0851. The molecular formula is C13H20N2O3. The third-order valence-corrected chi connectivity index (χ3v) is 3.40. The molecule has 1 aliphatic heterocycles. The Hall–Kier alpha value is -1.36. The van der Waals surface area contributed by atoms with E-state index in [1.807, 2.05) is 13.8 Å². The smallest absolute Gasteiger partial charge is 0.220 e. The average Bonchev–Trinajstić information content (AvgIpc) is 2.96. The molecule has 0 aliphatic carbocycles. The first-order valence-corrected chi connectivity index (χ1v) is 6.43. The molecule has 1 saturated heterocycles. The van der Waals surface area contributed by atoms with Gasteiger partial charge in [0.1, 0.15) is 5.76 Å². The van der Waals surface area contributed by atoms with Crippen molar-refractivity contribution < 1.29 is 14.1 Å². The Balaban J connectivity index is 1.71. The largest absolute Gasteiger partial charge is 0.381 e. The summed E-state index contributed by atoms with van der Waals surface area (Å²) >= 11 is 0. The molecule has 5 nitrogen and oxygen atoms in total. The van der Waals surface area contributed by atoms with Crippen LogP contribution in [0.5, 0.6) is 0 Å². The lowest BCUT2D eigenvalue weighted by molar-refractivity contribution is -0.121. The molecule has 1 unspecified atom stereocenters. The van der Waals surface area contributed by atoms with Gasteiger partial charge in [0, 0.05) is 31.1 Å². The minimum atomic E-state index is 0.0851. The van der Waals surface area contributed by atoms with E-state index in [4.69, 9.17) is 9.26 Å². The van der Waals surface area contributed by atoms with E-state index in [1.54, 1.807) is 0 Å². The van der Waals surface area contributed by atoms with Crippen LogP contribution in [0, 0.1) is 19.8 Å². The zero-order valence-electron chi connectivity index (χ0n) is 11.0. The standard InChI is InChI=1S/C13H20N2O3/c1-9-12(10(2)18-15-9)3-4-13(16)14-7-11-5-6-17-8-11/h11H,3-8H2,1-2H3,(H,14,16). The van der Waals surface area contributed by atoms with Crippen molar-refractivity contribution in [2.24, 2.45) is 5.92 Å². The Bertz CT molecular complexity index is 389. The Kier molecular flexibility index (Phi) is 4.36. The van der Waals surface area contributed by atoms with Crippen LogP contribution in [0.2, 0.25) is 0 Å². The summed E-state index contributed by atoms with van der Waals surface area (Å²) in [6.45, 7) is 6.09. The summed E-state index contributed by atoms with van der Waals surface area (Å²) in [5, 5.41) is 6.84. The fraction of sp³-hybridized carbons (Fsp3) is 0.692. The molecule has 100 valence electrons. The quantitative estimate of drug-likeness (QED) is 0.859. The van der Waals surface area contributed by atoms with Crippen LogP contribution in [-0.2, 0) is 16.0 Å². The second kappa shape index (κ2) is 6.00. The highest BCUT2D eigenvalue weighted by Crippen LogP contribution is 2.14. The topological polar surface area (TPSA) is 64.4 Å². The van der Waals surface area contributed by atoms with Crippen molar-refractivity contribution in [2.45, 2.75) is 33.1 Å². The third kappa shape index (κ3) is 3.32. The zero-order chi connectivity index (χ0) is 13.0. The summed E-state index contributed by atoms with van der Waals surface area (Å²) in [6, 6.07) is 0. The molecule has 2 rings (SSSR count). The Morgan fingerprint density at radius 1 is 1.50 bits per heavy atom. The minimum Gasteiger partial charge on any atom is -0.381 e. The highest BCUT2D eigenvalue weighted by Gasteiger charge is 2.16. The van der Waals surface area contributed by atoms with E-state index < -0.39 is 0 Å². The summed E-state index contributed by atoms with van der Waals surface area (Å²) < 4.78 is 10.3. The molecule has 0 radical (unpaired) electrons. The molecule has 1 fully saturated rings. The van der Waals surface area contributed by atoms with Gasteiger partial charge in [0.2, 0.25) is 5.91 Å². The molecule has 1 amide bonds. The predicted octanol–water partition coefficient (Wildman–Crippen LogP) is 1.38. The third-order valence-electron chi connectivity index (χ3n) is 3.40. The van der Waals surface area contributed by atoms with Gasteiger partial charge in [0.15, 0.2) is 0 Å². The van der Waals surface area contributed by atoms with Crippen molar-refractivity contribution in [3.63, 3.8) is 0 Å². The average molecular weight is 252 g/mol. The maximum absolute atomic E-state index is 11.7. The van der Waals surface area contributed by atoms with Crippen LogP contribution in [0.25, 0.3) is 0 Å². The molecule has 2 heterocycles.